The van der Waals surface area contributed by atoms with Crippen LogP contribution in [0.2, 0.25) is 0 Å². The highest BCUT2D eigenvalue weighted by Crippen LogP contribution is 2.11. The Morgan fingerprint density at radius 3 is 2.70 bits per heavy atom. The van der Waals surface area contributed by atoms with Crippen molar-refractivity contribution in [1.82, 2.24) is 10.0 Å². The van der Waals surface area contributed by atoms with Crippen LogP contribution < -0.4 is 15.8 Å². The zero-order chi connectivity index (χ0) is 14.1. The minimum absolute atomic E-state index is 0. The van der Waals surface area contributed by atoms with E-state index in [4.69, 9.17) is 10.5 Å². The van der Waals surface area contributed by atoms with Gasteiger partial charge in [0.15, 0.2) is 0 Å². The van der Waals surface area contributed by atoms with Crippen LogP contribution in [0.1, 0.15) is 25.7 Å². The third kappa shape index (κ3) is 8.70. The van der Waals surface area contributed by atoms with Crippen molar-refractivity contribution in [3.8, 4) is 0 Å². The van der Waals surface area contributed by atoms with Gasteiger partial charge in [0.2, 0.25) is 15.9 Å². The number of hydrogen-bond acceptors (Lipinski definition) is 5. The second-order valence-corrected chi connectivity index (χ2v) is 6.47. The fourth-order valence-electron chi connectivity index (χ4n) is 1.80. The van der Waals surface area contributed by atoms with Gasteiger partial charge in [0.25, 0.3) is 0 Å². The topological polar surface area (TPSA) is 111 Å². The summed E-state index contributed by atoms with van der Waals surface area (Å²) in [7, 11) is -3.37. The highest BCUT2D eigenvalue weighted by atomic mass is 35.5. The molecule has 4 N–H and O–H groups in total. The lowest BCUT2D eigenvalue weighted by atomic mass is 10.1. The van der Waals surface area contributed by atoms with E-state index in [-0.39, 0.29) is 49.7 Å². The molecule has 1 saturated heterocycles. The fourth-order valence-corrected chi connectivity index (χ4v) is 2.76. The molecule has 1 rings (SSSR count). The first-order chi connectivity index (χ1) is 9.03. The summed E-state index contributed by atoms with van der Waals surface area (Å²) < 4.78 is 31.3. The lowest BCUT2D eigenvalue weighted by molar-refractivity contribution is -0.120. The fraction of sp³-hybridized carbons (Fsp3) is 0.909. The molecule has 1 fully saturated rings. The zero-order valence-corrected chi connectivity index (χ0v) is 13.1. The molecule has 1 unspecified atom stereocenters. The molecule has 1 heterocycles. The Kier molecular flexibility index (Phi) is 10.1. The monoisotopic (exact) mass is 329 g/mol. The van der Waals surface area contributed by atoms with E-state index in [0.717, 1.165) is 19.3 Å². The summed E-state index contributed by atoms with van der Waals surface area (Å²) >= 11 is 0. The summed E-state index contributed by atoms with van der Waals surface area (Å²) in [6.45, 7) is 1.36. The SMILES string of the molecule is Cl.NCCC(=O)NCCS(=O)(=O)NCC1CCCCO1. The molecule has 0 aromatic rings. The normalized spacial score (nSPS) is 19.1. The number of halogens is 1. The summed E-state index contributed by atoms with van der Waals surface area (Å²) in [6, 6.07) is 0. The van der Waals surface area contributed by atoms with Gasteiger partial charge in [0.05, 0.1) is 11.9 Å². The Bertz CT molecular complexity index is 372. The summed E-state index contributed by atoms with van der Waals surface area (Å²) in [4.78, 5) is 11.1. The Balaban J connectivity index is 0.00000361. The van der Waals surface area contributed by atoms with E-state index in [2.05, 4.69) is 10.0 Å². The first kappa shape index (κ1) is 19.6. The molecule has 0 saturated carbocycles. The van der Waals surface area contributed by atoms with E-state index < -0.39 is 10.0 Å². The van der Waals surface area contributed by atoms with E-state index in [9.17, 15) is 13.2 Å². The van der Waals surface area contributed by atoms with Gasteiger partial charge in [-0.1, -0.05) is 0 Å². The van der Waals surface area contributed by atoms with E-state index in [0.29, 0.717) is 13.2 Å². The maximum absolute atomic E-state index is 11.7. The first-order valence-corrected chi connectivity index (χ1v) is 8.24. The van der Waals surface area contributed by atoms with Crippen molar-refractivity contribution in [3.63, 3.8) is 0 Å². The van der Waals surface area contributed by atoms with Gasteiger partial charge < -0.3 is 15.8 Å². The molecule has 20 heavy (non-hydrogen) atoms. The summed E-state index contributed by atoms with van der Waals surface area (Å²) in [5, 5.41) is 2.51. The molecule has 1 aliphatic heterocycles. The predicted molar refractivity (Wildman–Crippen MR) is 79.3 cm³/mol. The molecule has 0 bridgehead atoms. The Morgan fingerprint density at radius 2 is 2.10 bits per heavy atom. The summed E-state index contributed by atoms with van der Waals surface area (Å²) in [5.41, 5.74) is 5.21. The number of rotatable bonds is 8. The largest absolute Gasteiger partial charge is 0.377 e. The third-order valence-corrected chi connectivity index (χ3v) is 4.22. The van der Waals surface area contributed by atoms with Gasteiger partial charge in [-0.2, -0.15) is 0 Å². The number of amides is 1. The predicted octanol–water partition coefficient (Wildman–Crippen LogP) is -0.638. The summed E-state index contributed by atoms with van der Waals surface area (Å²) in [5.74, 6) is -0.357. The van der Waals surface area contributed by atoms with Crippen LogP contribution in [0.25, 0.3) is 0 Å². The molecule has 0 aromatic carbocycles. The van der Waals surface area contributed by atoms with Crippen molar-refractivity contribution >= 4 is 28.3 Å². The molecule has 0 aromatic heterocycles. The highest BCUT2D eigenvalue weighted by molar-refractivity contribution is 7.89. The third-order valence-electron chi connectivity index (χ3n) is 2.87. The van der Waals surface area contributed by atoms with Crippen LogP contribution in [0.15, 0.2) is 0 Å². The minimum Gasteiger partial charge on any atom is -0.377 e. The van der Waals surface area contributed by atoms with Crippen LogP contribution in [-0.4, -0.2) is 52.4 Å². The molecular formula is C11H24ClN3O4S. The molecule has 9 heteroatoms. The highest BCUT2D eigenvalue weighted by Gasteiger charge is 2.17. The smallest absolute Gasteiger partial charge is 0.221 e. The molecule has 0 aliphatic carbocycles. The maximum Gasteiger partial charge on any atom is 0.221 e. The van der Waals surface area contributed by atoms with Crippen molar-refractivity contribution in [2.75, 3.05) is 32.0 Å². The molecule has 0 radical (unpaired) electrons. The van der Waals surface area contributed by atoms with Crippen LogP contribution in [-0.2, 0) is 19.6 Å². The van der Waals surface area contributed by atoms with Gasteiger partial charge in [-0.25, -0.2) is 13.1 Å². The maximum atomic E-state index is 11.7. The summed E-state index contributed by atoms with van der Waals surface area (Å²) in [6.07, 6.45) is 3.17. The zero-order valence-electron chi connectivity index (χ0n) is 11.5. The van der Waals surface area contributed by atoms with Crippen LogP contribution >= 0.6 is 12.4 Å². The number of ether oxygens (including phenoxy) is 1. The lowest BCUT2D eigenvalue weighted by Crippen LogP contribution is -2.39. The number of hydrogen-bond donors (Lipinski definition) is 3. The molecule has 1 atom stereocenters. The van der Waals surface area contributed by atoms with Crippen molar-refractivity contribution < 1.29 is 17.9 Å². The van der Waals surface area contributed by atoms with Crippen LogP contribution in [0.3, 0.4) is 0 Å². The van der Waals surface area contributed by atoms with Crippen molar-refractivity contribution in [2.24, 2.45) is 5.73 Å². The van der Waals surface area contributed by atoms with Crippen molar-refractivity contribution in [2.45, 2.75) is 31.8 Å². The van der Waals surface area contributed by atoms with Gasteiger partial charge >= 0.3 is 0 Å². The lowest BCUT2D eigenvalue weighted by Gasteiger charge is -2.22. The Hall–Kier alpha value is -0.410. The number of carbonyl (C=O) groups is 1. The number of carbonyl (C=O) groups excluding carboxylic acids is 1. The minimum atomic E-state index is -3.37. The Morgan fingerprint density at radius 1 is 1.35 bits per heavy atom. The number of nitrogens with one attached hydrogen (secondary N) is 2. The molecule has 7 nitrogen and oxygen atoms in total. The standard InChI is InChI=1S/C11H23N3O4S.ClH/c12-5-4-11(15)13-6-8-19(16,17)14-9-10-3-1-2-7-18-10;/h10,14H,1-9,12H2,(H,13,15);1H. The first-order valence-electron chi connectivity index (χ1n) is 6.59. The van der Waals surface area contributed by atoms with Crippen molar-refractivity contribution in [3.05, 3.63) is 0 Å². The average molecular weight is 330 g/mol. The van der Waals surface area contributed by atoms with E-state index in [1.54, 1.807) is 0 Å². The van der Waals surface area contributed by atoms with Gasteiger partial charge in [0, 0.05) is 32.7 Å². The van der Waals surface area contributed by atoms with E-state index in [1.165, 1.54) is 0 Å². The quantitative estimate of drug-likeness (QED) is 0.548. The molecule has 120 valence electrons. The van der Waals surface area contributed by atoms with Crippen molar-refractivity contribution in [1.29, 1.82) is 0 Å². The van der Waals surface area contributed by atoms with Gasteiger partial charge in [-0.05, 0) is 19.3 Å². The molecule has 1 amide bonds. The van der Waals surface area contributed by atoms with E-state index >= 15 is 0 Å². The van der Waals surface area contributed by atoms with Crippen LogP contribution in [0.5, 0.6) is 0 Å². The molecule has 0 spiro atoms. The van der Waals surface area contributed by atoms with E-state index in [1.807, 2.05) is 0 Å². The molecule has 1 aliphatic rings. The second kappa shape index (κ2) is 10.3. The second-order valence-electron chi connectivity index (χ2n) is 4.54. The number of nitrogens with two attached hydrogens (primary N) is 1. The molecular weight excluding hydrogens is 306 g/mol. The van der Waals surface area contributed by atoms with Gasteiger partial charge in [0.1, 0.15) is 0 Å². The number of sulfonamides is 1. The van der Waals surface area contributed by atoms with Crippen LogP contribution in [0.4, 0.5) is 0 Å². The average Bonchev–Trinajstić information content (AvgIpc) is 2.38. The van der Waals surface area contributed by atoms with Gasteiger partial charge in [-0.15, -0.1) is 12.4 Å². The van der Waals surface area contributed by atoms with Crippen LogP contribution in [0, 0.1) is 0 Å². The Labute approximate surface area is 126 Å². The van der Waals surface area contributed by atoms with Gasteiger partial charge in [-0.3, -0.25) is 4.79 Å².